The van der Waals surface area contributed by atoms with E-state index in [0.29, 0.717) is 6.42 Å². The number of hydrogen-bond acceptors (Lipinski definition) is 4. The summed E-state index contributed by atoms with van der Waals surface area (Å²) in [6.07, 6.45) is 8.29. The van der Waals surface area contributed by atoms with Gasteiger partial charge in [0.2, 0.25) is 0 Å². The van der Waals surface area contributed by atoms with E-state index < -0.39 is 8.32 Å². The molecule has 2 rings (SSSR count). The summed E-state index contributed by atoms with van der Waals surface area (Å²) in [6.45, 7) is 11.5. The maximum absolute atomic E-state index is 11.3. The largest absolute Gasteiger partial charge is 0.469 e. The molecule has 180 valence electrons. The van der Waals surface area contributed by atoms with Crippen LogP contribution in [0.2, 0.25) is 18.1 Å². The molecule has 0 unspecified atom stereocenters. The summed E-state index contributed by atoms with van der Waals surface area (Å²) in [5, 5.41) is 9.63. The number of benzene rings is 1. The van der Waals surface area contributed by atoms with Gasteiger partial charge in [-0.05, 0) is 60.9 Å². The molecule has 1 aromatic carbocycles. The molecule has 0 aromatic heterocycles. The van der Waals surface area contributed by atoms with E-state index in [1.165, 1.54) is 12.7 Å². The number of carbonyl (C=O) groups excluding carboxylic acids is 1. The van der Waals surface area contributed by atoms with Gasteiger partial charge in [0.15, 0.2) is 8.32 Å². The molecule has 0 aliphatic heterocycles. The number of aliphatic hydroxyl groups excluding tert-OH is 1. The average Bonchev–Trinajstić information content (AvgIpc) is 3.03. The van der Waals surface area contributed by atoms with Gasteiger partial charge in [-0.25, -0.2) is 0 Å². The number of halogens is 1. The minimum atomic E-state index is -1.95. The predicted molar refractivity (Wildman–Crippen MR) is 135 cm³/mol. The van der Waals surface area contributed by atoms with Crippen LogP contribution in [0.3, 0.4) is 0 Å². The summed E-state index contributed by atoms with van der Waals surface area (Å²) in [6, 6.07) is 8.25. The first-order valence-corrected chi connectivity index (χ1v) is 15.1. The zero-order chi connectivity index (χ0) is 23.9. The highest BCUT2D eigenvalue weighted by atomic mass is 35.5. The fourth-order valence-electron chi connectivity index (χ4n) is 4.16. The highest BCUT2D eigenvalue weighted by molar-refractivity contribution is 6.74. The molecule has 0 amide bonds. The highest BCUT2D eigenvalue weighted by Crippen LogP contribution is 2.49. The van der Waals surface area contributed by atoms with E-state index in [-0.39, 0.29) is 40.9 Å². The molecular formula is C26H41ClO4Si. The normalized spacial score (nSPS) is 24.2. The van der Waals surface area contributed by atoms with Crippen molar-refractivity contribution in [3.8, 4) is 0 Å². The number of hydrogen-bond donors (Lipinski definition) is 1. The second kappa shape index (κ2) is 11.8. The first-order chi connectivity index (χ1) is 15.0. The van der Waals surface area contributed by atoms with E-state index in [0.717, 1.165) is 31.2 Å². The molecule has 4 atom stereocenters. The van der Waals surface area contributed by atoms with Crippen LogP contribution in [-0.4, -0.2) is 38.0 Å². The summed E-state index contributed by atoms with van der Waals surface area (Å²) in [7, 11) is -0.520. The third-order valence-electron chi connectivity index (χ3n) is 7.14. The topological polar surface area (TPSA) is 55.8 Å². The fraction of sp³-hybridized carbons (Fsp3) is 0.654. The van der Waals surface area contributed by atoms with E-state index in [1.807, 2.05) is 12.1 Å². The molecule has 1 aliphatic rings. The van der Waals surface area contributed by atoms with Gasteiger partial charge in [0.05, 0.1) is 19.8 Å². The van der Waals surface area contributed by atoms with Gasteiger partial charge < -0.3 is 14.3 Å². The van der Waals surface area contributed by atoms with Crippen LogP contribution in [-0.2, 0) is 20.6 Å². The molecule has 6 heteroatoms. The minimum absolute atomic E-state index is 0.0463. The number of rotatable bonds is 10. The van der Waals surface area contributed by atoms with Crippen LogP contribution in [0.5, 0.6) is 0 Å². The lowest BCUT2D eigenvalue weighted by Gasteiger charge is -2.40. The molecule has 0 radical (unpaired) electrons. The van der Waals surface area contributed by atoms with Gasteiger partial charge in [0, 0.05) is 17.7 Å². The average molecular weight is 481 g/mol. The zero-order valence-corrected chi connectivity index (χ0v) is 22.3. The standard InChI is InChI=1S/C26H41ClO4Si/c1-26(2,3)32(5,6)31-23-17-22(27)21(11-9-7-8-10-12-24(29)30-4)25(23)20-15-13-19(18-28)14-16-20/h7,9,13-16,21-23,25,28H,8,10-12,17-18H2,1-6H3/t21-,22+,23+,25+/m0/s1. The molecule has 1 aromatic rings. The summed E-state index contributed by atoms with van der Waals surface area (Å²) >= 11 is 6.92. The van der Waals surface area contributed by atoms with Crippen molar-refractivity contribution in [3.63, 3.8) is 0 Å². The van der Waals surface area contributed by atoms with Crippen molar-refractivity contribution in [3.05, 3.63) is 47.5 Å². The lowest BCUT2D eigenvalue weighted by Crippen LogP contribution is -2.44. The molecule has 1 fully saturated rings. The maximum Gasteiger partial charge on any atom is 0.305 e. The second-order valence-electron chi connectivity index (χ2n) is 10.4. The van der Waals surface area contributed by atoms with Crippen molar-refractivity contribution < 1.29 is 19.1 Å². The van der Waals surface area contributed by atoms with E-state index in [9.17, 15) is 9.90 Å². The van der Waals surface area contributed by atoms with Gasteiger partial charge in [-0.1, -0.05) is 57.2 Å². The smallest absolute Gasteiger partial charge is 0.305 e. The van der Waals surface area contributed by atoms with Crippen molar-refractivity contribution in [2.45, 2.75) is 95.0 Å². The third-order valence-corrected chi connectivity index (χ3v) is 12.1. The van der Waals surface area contributed by atoms with E-state index in [1.54, 1.807) is 0 Å². The van der Waals surface area contributed by atoms with Crippen LogP contribution in [0.15, 0.2) is 36.4 Å². The molecule has 1 N–H and O–H groups in total. The molecule has 32 heavy (non-hydrogen) atoms. The first-order valence-electron chi connectivity index (χ1n) is 11.7. The van der Waals surface area contributed by atoms with Crippen molar-refractivity contribution >= 4 is 25.9 Å². The number of ether oxygens (including phenoxy) is 1. The summed E-state index contributed by atoms with van der Waals surface area (Å²) in [5.74, 6) is 0.342. The van der Waals surface area contributed by atoms with Gasteiger partial charge >= 0.3 is 5.97 Å². The Balaban J connectivity index is 2.18. The number of aliphatic hydroxyl groups is 1. The lowest BCUT2D eigenvalue weighted by molar-refractivity contribution is -0.140. The quantitative estimate of drug-likeness (QED) is 0.135. The number of allylic oxidation sites excluding steroid dienone is 2. The van der Waals surface area contributed by atoms with Gasteiger partial charge in [0.25, 0.3) is 0 Å². The van der Waals surface area contributed by atoms with Crippen LogP contribution in [0.4, 0.5) is 0 Å². The molecule has 4 nitrogen and oxygen atoms in total. The van der Waals surface area contributed by atoms with Crippen molar-refractivity contribution in [2.24, 2.45) is 5.92 Å². The van der Waals surface area contributed by atoms with Crippen LogP contribution < -0.4 is 0 Å². The Kier molecular flexibility index (Phi) is 10.0. The predicted octanol–water partition coefficient (Wildman–Crippen LogP) is 6.57. The Labute approximate surface area is 200 Å². The van der Waals surface area contributed by atoms with Crippen molar-refractivity contribution in [1.29, 1.82) is 0 Å². The number of unbranched alkanes of at least 4 members (excludes halogenated alkanes) is 1. The fourth-order valence-corrected chi connectivity index (χ4v) is 5.95. The number of esters is 1. The highest BCUT2D eigenvalue weighted by Gasteiger charge is 2.48. The molecular weight excluding hydrogens is 440 g/mol. The second-order valence-corrected chi connectivity index (χ2v) is 15.8. The summed E-state index contributed by atoms with van der Waals surface area (Å²) < 4.78 is 11.6. The monoisotopic (exact) mass is 480 g/mol. The third kappa shape index (κ3) is 7.18. The van der Waals surface area contributed by atoms with Gasteiger partial charge in [-0.2, -0.15) is 0 Å². The molecule has 1 saturated carbocycles. The molecule has 0 heterocycles. The molecule has 0 spiro atoms. The van der Waals surface area contributed by atoms with E-state index in [4.69, 9.17) is 20.8 Å². The van der Waals surface area contributed by atoms with Crippen LogP contribution in [0.25, 0.3) is 0 Å². The van der Waals surface area contributed by atoms with E-state index >= 15 is 0 Å². The molecule has 0 saturated heterocycles. The van der Waals surface area contributed by atoms with Gasteiger partial charge in [-0.3, -0.25) is 4.79 Å². The Morgan fingerprint density at radius 1 is 1.22 bits per heavy atom. The molecule has 1 aliphatic carbocycles. The Hall–Kier alpha value is -1.14. The number of carbonyl (C=O) groups is 1. The minimum Gasteiger partial charge on any atom is -0.469 e. The SMILES string of the molecule is COC(=O)CCCC=CC[C@@H]1[C@@H](c2ccc(CO)cc2)[C@H](O[Si](C)(C)C(C)(C)C)C[C@H]1Cl. The van der Waals surface area contributed by atoms with Crippen LogP contribution in [0, 0.1) is 5.92 Å². The lowest BCUT2D eigenvalue weighted by atomic mass is 9.85. The van der Waals surface area contributed by atoms with Crippen molar-refractivity contribution in [1.82, 2.24) is 0 Å². The van der Waals surface area contributed by atoms with Crippen LogP contribution in [0.1, 0.15) is 69.9 Å². The van der Waals surface area contributed by atoms with Crippen LogP contribution >= 0.6 is 11.6 Å². The summed E-state index contributed by atoms with van der Waals surface area (Å²) in [5.41, 5.74) is 2.15. The number of methoxy groups -OCH3 is 1. The Bertz CT molecular complexity index is 754. The van der Waals surface area contributed by atoms with E-state index in [2.05, 4.69) is 58.2 Å². The first kappa shape index (κ1) is 27.1. The van der Waals surface area contributed by atoms with Crippen molar-refractivity contribution in [2.75, 3.05) is 7.11 Å². The summed E-state index contributed by atoms with van der Waals surface area (Å²) in [4.78, 5) is 11.3. The molecule has 0 bridgehead atoms. The maximum atomic E-state index is 11.3. The Morgan fingerprint density at radius 3 is 2.44 bits per heavy atom. The number of alkyl halides is 1. The zero-order valence-electron chi connectivity index (χ0n) is 20.6. The van der Waals surface area contributed by atoms with Gasteiger partial charge in [0.1, 0.15) is 0 Å². The van der Waals surface area contributed by atoms with Gasteiger partial charge in [-0.15, -0.1) is 11.6 Å². The Morgan fingerprint density at radius 2 is 1.88 bits per heavy atom.